The molecule has 0 fully saturated rings. The fourth-order valence-corrected chi connectivity index (χ4v) is 2.18. The van der Waals surface area contributed by atoms with Crippen LogP contribution in [0.3, 0.4) is 0 Å². The number of hydrogen-bond donors (Lipinski definition) is 1. The molecule has 0 aromatic carbocycles. The van der Waals surface area contributed by atoms with Crippen molar-refractivity contribution in [1.29, 1.82) is 0 Å². The van der Waals surface area contributed by atoms with Gasteiger partial charge < -0.3 is 4.74 Å². The predicted octanol–water partition coefficient (Wildman–Crippen LogP) is 3.63. The van der Waals surface area contributed by atoms with Gasteiger partial charge in [-0.25, -0.2) is 10.2 Å². The molecular formula is C14H24N2O2. The van der Waals surface area contributed by atoms with Crippen molar-refractivity contribution in [3.63, 3.8) is 0 Å². The summed E-state index contributed by atoms with van der Waals surface area (Å²) < 4.78 is 5.13. The lowest BCUT2D eigenvalue weighted by atomic mass is 9.77. The number of carbonyl (C=O) groups excluding carboxylic acids is 1. The number of nitrogens with zero attached hydrogens (tertiary/aromatic N) is 1. The first kappa shape index (κ1) is 14.7. The molecule has 0 aliphatic heterocycles. The molecule has 0 bridgehead atoms. The summed E-state index contributed by atoms with van der Waals surface area (Å²) in [5, 5.41) is 4.13. The van der Waals surface area contributed by atoms with E-state index in [1.807, 2.05) is 26.8 Å². The van der Waals surface area contributed by atoms with Gasteiger partial charge in [0.05, 0.1) is 5.71 Å². The van der Waals surface area contributed by atoms with Crippen LogP contribution in [-0.4, -0.2) is 17.4 Å². The van der Waals surface area contributed by atoms with Crippen LogP contribution in [0, 0.1) is 5.41 Å². The number of rotatable bonds is 1. The summed E-state index contributed by atoms with van der Waals surface area (Å²) >= 11 is 0. The molecule has 4 heteroatoms. The van der Waals surface area contributed by atoms with E-state index in [4.69, 9.17) is 4.74 Å². The van der Waals surface area contributed by atoms with E-state index in [1.165, 1.54) is 5.57 Å². The van der Waals surface area contributed by atoms with Crippen molar-refractivity contribution in [2.45, 2.75) is 60.0 Å². The maximum atomic E-state index is 11.5. The topological polar surface area (TPSA) is 50.7 Å². The monoisotopic (exact) mass is 252 g/mol. The van der Waals surface area contributed by atoms with Gasteiger partial charge in [0.25, 0.3) is 0 Å². The van der Waals surface area contributed by atoms with Crippen molar-refractivity contribution in [3.05, 3.63) is 11.6 Å². The van der Waals surface area contributed by atoms with Crippen LogP contribution in [0.4, 0.5) is 4.79 Å². The van der Waals surface area contributed by atoms with Gasteiger partial charge in [0.15, 0.2) is 0 Å². The Balaban J connectivity index is 2.63. The number of hydrazone groups is 1. The van der Waals surface area contributed by atoms with Crippen LogP contribution in [0.2, 0.25) is 0 Å². The average molecular weight is 252 g/mol. The second-order valence-electron chi connectivity index (χ2n) is 6.73. The first-order valence-corrected chi connectivity index (χ1v) is 6.30. The Bertz CT molecular complexity index is 387. The van der Waals surface area contributed by atoms with E-state index in [0.717, 1.165) is 18.6 Å². The molecular weight excluding hydrogens is 228 g/mol. The maximum Gasteiger partial charge on any atom is 0.428 e. The summed E-state index contributed by atoms with van der Waals surface area (Å²) in [7, 11) is 0. The van der Waals surface area contributed by atoms with Crippen molar-refractivity contribution in [2.75, 3.05) is 0 Å². The molecule has 0 aromatic rings. The molecule has 0 aromatic heterocycles. The number of ether oxygens (including phenoxy) is 1. The van der Waals surface area contributed by atoms with Crippen molar-refractivity contribution < 1.29 is 9.53 Å². The van der Waals surface area contributed by atoms with Gasteiger partial charge in [-0.05, 0) is 52.0 Å². The van der Waals surface area contributed by atoms with Gasteiger partial charge in [0.1, 0.15) is 5.60 Å². The van der Waals surface area contributed by atoms with Crippen LogP contribution < -0.4 is 5.43 Å². The van der Waals surface area contributed by atoms with Gasteiger partial charge in [-0.1, -0.05) is 19.4 Å². The van der Waals surface area contributed by atoms with Crippen LogP contribution in [0.25, 0.3) is 0 Å². The van der Waals surface area contributed by atoms with E-state index in [-0.39, 0.29) is 5.41 Å². The zero-order chi connectivity index (χ0) is 14.0. The molecule has 0 spiro atoms. The van der Waals surface area contributed by atoms with Gasteiger partial charge in [0.2, 0.25) is 0 Å². The summed E-state index contributed by atoms with van der Waals surface area (Å²) in [5.41, 5.74) is 4.34. The second kappa shape index (κ2) is 5.12. The minimum Gasteiger partial charge on any atom is -0.443 e. The first-order chi connectivity index (χ1) is 8.07. The summed E-state index contributed by atoms with van der Waals surface area (Å²) in [6.07, 6.45) is 3.45. The Morgan fingerprint density at radius 3 is 2.50 bits per heavy atom. The normalized spacial score (nSPS) is 21.4. The van der Waals surface area contributed by atoms with Crippen molar-refractivity contribution in [3.8, 4) is 0 Å². The van der Waals surface area contributed by atoms with Crippen LogP contribution in [0.15, 0.2) is 16.8 Å². The zero-order valence-corrected chi connectivity index (χ0v) is 12.3. The summed E-state index contributed by atoms with van der Waals surface area (Å²) in [5.74, 6) is 0. The van der Waals surface area contributed by atoms with E-state index in [0.29, 0.717) is 0 Å². The lowest BCUT2D eigenvalue weighted by Crippen LogP contribution is -2.31. The van der Waals surface area contributed by atoms with Gasteiger partial charge in [0, 0.05) is 0 Å². The van der Waals surface area contributed by atoms with Gasteiger partial charge in [-0.3, -0.25) is 0 Å². The quantitative estimate of drug-likeness (QED) is 0.724. The van der Waals surface area contributed by atoms with Gasteiger partial charge in [-0.2, -0.15) is 5.10 Å². The summed E-state index contributed by atoms with van der Waals surface area (Å²) in [4.78, 5) is 11.5. The second-order valence-corrected chi connectivity index (χ2v) is 6.73. The van der Waals surface area contributed by atoms with E-state index in [2.05, 4.69) is 31.3 Å². The van der Waals surface area contributed by atoms with Crippen LogP contribution in [-0.2, 0) is 4.74 Å². The van der Waals surface area contributed by atoms with E-state index >= 15 is 0 Å². The highest BCUT2D eigenvalue weighted by Crippen LogP contribution is 2.33. The number of hydrogen-bond acceptors (Lipinski definition) is 3. The molecule has 1 amide bonds. The lowest BCUT2D eigenvalue weighted by molar-refractivity contribution is 0.0529. The molecule has 1 N–H and O–H groups in total. The molecule has 0 atom stereocenters. The maximum absolute atomic E-state index is 11.5. The van der Waals surface area contributed by atoms with Gasteiger partial charge >= 0.3 is 6.09 Å². The molecule has 0 saturated carbocycles. The Morgan fingerprint density at radius 1 is 1.39 bits per heavy atom. The molecule has 18 heavy (non-hydrogen) atoms. The Labute approximate surface area is 109 Å². The third-order valence-corrected chi connectivity index (χ3v) is 2.52. The number of carbonyl (C=O) groups is 1. The highest BCUT2D eigenvalue weighted by Gasteiger charge is 2.25. The Morgan fingerprint density at radius 2 is 2.00 bits per heavy atom. The van der Waals surface area contributed by atoms with Crippen LogP contribution >= 0.6 is 0 Å². The zero-order valence-electron chi connectivity index (χ0n) is 12.3. The molecule has 1 aliphatic rings. The average Bonchev–Trinajstić information content (AvgIpc) is 2.08. The Kier molecular flexibility index (Phi) is 4.20. The van der Waals surface area contributed by atoms with Crippen molar-refractivity contribution in [1.82, 2.24) is 5.43 Å². The third kappa shape index (κ3) is 5.34. The molecule has 0 unspecified atom stereocenters. The standard InChI is InChI=1S/C14H24N2O2/c1-10-7-11(9-14(5,6)8-10)15-16-12(17)18-13(2,3)4/h7H,8-9H2,1-6H3,(H,16,17)/b15-11-. The molecule has 0 saturated heterocycles. The van der Waals surface area contributed by atoms with Crippen LogP contribution in [0.1, 0.15) is 54.4 Å². The van der Waals surface area contributed by atoms with Crippen molar-refractivity contribution >= 4 is 11.8 Å². The highest BCUT2D eigenvalue weighted by atomic mass is 16.6. The van der Waals surface area contributed by atoms with Crippen molar-refractivity contribution in [2.24, 2.45) is 10.5 Å². The number of amides is 1. The highest BCUT2D eigenvalue weighted by molar-refractivity contribution is 5.97. The molecule has 0 radical (unpaired) electrons. The number of nitrogens with one attached hydrogen (secondary N) is 1. The molecule has 102 valence electrons. The molecule has 4 nitrogen and oxygen atoms in total. The predicted molar refractivity (Wildman–Crippen MR) is 73.6 cm³/mol. The number of allylic oxidation sites excluding steroid dienone is 2. The van der Waals surface area contributed by atoms with Gasteiger partial charge in [-0.15, -0.1) is 0 Å². The molecule has 1 rings (SSSR count). The fraction of sp³-hybridized carbons (Fsp3) is 0.714. The minimum atomic E-state index is -0.510. The third-order valence-electron chi connectivity index (χ3n) is 2.52. The van der Waals surface area contributed by atoms with E-state index in [1.54, 1.807) is 0 Å². The molecule has 1 aliphatic carbocycles. The SMILES string of the molecule is CC1=C/C(=N/NC(=O)OC(C)(C)C)CC(C)(C)C1. The van der Waals surface area contributed by atoms with E-state index < -0.39 is 11.7 Å². The Hall–Kier alpha value is -1.32. The fourth-order valence-electron chi connectivity index (χ4n) is 2.18. The van der Waals surface area contributed by atoms with E-state index in [9.17, 15) is 4.79 Å². The summed E-state index contributed by atoms with van der Waals surface area (Å²) in [6.45, 7) is 12.0. The largest absolute Gasteiger partial charge is 0.443 e. The minimum absolute atomic E-state index is 0.202. The smallest absolute Gasteiger partial charge is 0.428 e. The lowest BCUT2D eigenvalue weighted by Gasteiger charge is -2.29. The van der Waals surface area contributed by atoms with Crippen LogP contribution in [0.5, 0.6) is 0 Å². The molecule has 0 heterocycles. The first-order valence-electron chi connectivity index (χ1n) is 6.30. The summed E-state index contributed by atoms with van der Waals surface area (Å²) in [6, 6.07) is 0.